The summed E-state index contributed by atoms with van der Waals surface area (Å²) in [6, 6.07) is -3.74. The number of fused-ring (bicyclic) bond motifs is 2. The Hall–Kier alpha value is -8.27. The average molecular weight is 1450 g/mol. The number of hydrogen-bond donors (Lipinski definition) is 3. The van der Waals surface area contributed by atoms with Crippen LogP contribution >= 0.6 is 0 Å². The van der Waals surface area contributed by atoms with Crippen LogP contribution in [0.1, 0.15) is 168 Å². The van der Waals surface area contributed by atoms with Crippen LogP contribution in [0.25, 0.3) is 0 Å². The molecule has 4 aliphatic heterocycles. The molecule has 5 aliphatic rings. The molecule has 4 heterocycles. The fourth-order valence-corrected chi connectivity index (χ4v) is 15.0. The number of benzene rings is 2. The predicted molar refractivity (Wildman–Crippen MR) is 372 cm³/mol. The van der Waals surface area contributed by atoms with E-state index < -0.39 is 192 Å². The Bertz CT molecular complexity index is 3430. The van der Waals surface area contributed by atoms with Crippen molar-refractivity contribution >= 4 is 70.9 Å². The largest absolute Gasteiger partial charge is 0.422 e. The highest BCUT2D eigenvalue weighted by Crippen LogP contribution is 2.37. The minimum absolute atomic E-state index is 0.0447. The van der Waals surface area contributed by atoms with E-state index >= 15 is 42.3 Å². The van der Waals surface area contributed by atoms with Crippen molar-refractivity contribution < 1.29 is 79.5 Å². The average Bonchev–Trinajstić information content (AvgIpc) is 1.50. The van der Waals surface area contributed by atoms with Crippen molar-refractivity contribution in [3.05, 3.63) is 70.3 Å². The van der Waals surface area contributed by atoms with Gasteiger partial charge in [-0.2, -0.15) is 13.2 Å². The van der Waals surface area contributed by atoms with Gasteiger partial charge in [-0.1, -0.05) is 97.1 Å². The summed E-state index contributed by atoms with van der Waals surface area (Å²) in [5.74, 6) is -13.7. The van der Waals surface area contributed by atoms with Gasteiger partial charge < -0.3 is 60.0 Å². The normalized spacial score (nSPS) is 26.4. The summed E-state index contributed by atoms with van der Waals surface area (Å²) in [5.41, 5.74) is -2.59. The number of likely N-dealkylation sites (tertiary alicyclic amines) is 1. The Morgan fingerprint density at radius 3 is 1.79 bits per heavy atom. The summed E-state index contributed by atoms with van der Waals surface area (Å²) in [6.07, 6.45) is -3.40. The van der Waals surface area contributed by atoms with Crippen molar-refractivity contribution in [1.82, 2.24) is 60.0 Å². The van der Waals surface area contributed by atoms with Crippen LogP contribution in [0.3, 0.4) is 0 Å². The van der Waals surface area contributed by atoms with E-state index in [-0.39, 0.29) is 76.1 Å². The lowest BCUT2D eigenvalue weighted by atomic mass is 9.90. The highest BCUT2D eigenvalue weighted by molar-refractivity contribution is 6.01. The van der Waals surface area contributed by atoms with Crippen LogP contribution in [0.4, 0.5) is 22.0 Å². The zero-order valence-electron chi connectivity index (χ0n) is 62.3. The van der Waals surface area contributed by atoms with Gasteiger partial charge in [-0.15, -0.1) is 0 Å². The molecule has 3 N–H and O–H groups in total. The summed E-state index contributed by atoms with van der Waals surface area (Å²) < 4.78 is 71.6. The Kier molecular flexibility index (Phi) is 27.9. The Balaban J connectivity index is 1.32. The first kappa shape index (κ1) is 82.0. The van der Waals surface area contributed by atoms with Crippen molar-refractivity contribution in [3.63, 3.8) is 0 Å². The number of alkyl halides is 3. The maximum Gasteiger partial charge on any atom is 0.422 e. The number of halogens is 5. The van der Waals surface area contributed by atoms with E-state index in [1.54, 1.807) is 37.8 Å². The first-order chi connectivity index (χ1) is 48.4. The molecule has 2 aromatic carbocycles. The van der Waals surface area contributed by atoms with E-state index in [0.29, 0.717) is 69.3 Å². The number of carbonyl (C=O) groups excluding carboxylic acids is 12. The molecule has 0 aromatic heterocycles. The molecule has 1 spiro atoms. The molecular formula is C74H107F5N12O12. The van der Waals surface area contributed by atoms with Crippen LogP contribution < -0.4 is 16.0 Å². The summed E-state index contributed by atoms with van der Waals surface area (Å²) in [4.78, 5) is 192. The number of hydrogen-bond acceptors (Lipinski definition) is 12. The zero-order valence-corrected chi connectivity index (χ0v) is 62.3. The molecule has 2 aromatic rings. The van der Waals surface area contributed by atoms with E-state index in [1.165, 1.54) is 76.5 Å². The molecule has 11 atom stereocenters. The molecule has 24 nitrogen and oxygen atoms in total. The second-order valence-corrected chi connectivity index (χ2v) is 29.5. The molecule has 0 radical (unpaired) electrons. The van der Waals surface area contributed by atoms with Crippen molar-refractivity contribution in [2.24, 2.45) is 17.8 Å². The number of carbonyl (C=O) groups is 12. The third-order valence-corrected chi connectivity index (χ3v) is 22.0. The molecule has 29 heteroatoms. The molecule has 5 fully saturated rings. The van der Waals surface area contributed by atoms with E-state index in [4.69, 9.17) is 0 Å². The van der Waals surface area contributed by atoms with Crippen LogP contribution in [-0.2, 0) is 76.6 Å². The van der Waals surface area contributed by atoms with Crippen LogP contribution in [0, 0.1) is 36.3 Å². The highest BCUT2D eigenvalue weighted by atomic mass is 19.4. The number of rotatable bonds is 13. The van der Waals surface area contributed by atoms with E-state index in [9.17, 15) is 37.1 Å². The molecule has 0 bridgehead atoms. The number of nitrogens with zero attached hydrogens (tertiary/aromatic N) is 9. The molecule has 0 unspecified atom stereocenters. The predicted octanol–water partition coefficient (Wildman–Crippen LogP) is 5.63. The number of amides is 12. The van der Waals surface area contributed by atoms with E-state index in [1.807, 2.05) is 46.8 Å². The van der Waals surface area contributed by atoms with Gasteiger partial charge in [0.2, 0.25) is 70.9 Å². The Morgan fingerprint density at radius 2 is 1.23 bits per heavy atom. The summed E-state index contributed by atoms with van der Waals surface area (Å²) in [5, 5.41) is 8.52. The number of nitrogens with one attached hydrogen (secondary N) is 3. The first-order valence-corrected chi connectivity index (χ1v) is 36.5. The monoisotopic (exact) mass is 1450 g/mol. The third-order valence-electron chi connectivity index (χ3n) is 22.0. The Morgan fingerprint density at radius 1 is 0.631 bits per heavy atom. The van der Waals surface area contributed by atoms with Crippen LogP contribution in [0.5, 0.6) is 0 Å². The van der Waals surface area contributed by atoms with Crippen LogP contribution in [0.15, 0.2) is 36.4 Å². The van der Waals surface area contributed by atoms with Crippen molar-refractivity contribution in [2.45, 2.75) is 231 Å². The van der Waals surface area contributed by atoms with Gasteiger partial charge in [0, 0.05) is 74.4 Å². The van der Waals surface area contributed by atoms with Gasteiger partial charge in [0.15, 0.2) is 0 Å². The zero-order chi connectivity index (χ0) is 76.4. The van der Waals surface area contributed by atoms with E-state index in [0.717, 1.165) is 10.5 Å². The van der Waals surface area contributed by atoms with Crippen molar-refractivity contribution in [1.29, 1.82) is 0 Å². The van der Waals surface area contributed by atoms with Gasteiger partial charge in [0.1, 0.15) is 77.1 Å². The lowest BCUT2D eigenvalue weighted by Gasteiger charge is -2.45. The summed E-state index contributed by atoms with van der Waals surface area (Å²) in [6.45, 7) is 15.7. The number of likely N-dealkylation sites (N-methyl/N-ethyl adjacent to an activating group) is 6. The van der Waals surface area contributed by atoms with Crippen LogP contribution in [-0.4, -0.2) is 249 Å². The molecule has 12 amide bonds. The lowest BCUT2D eigenvalue weighted by Crippen LogP contribution is -2.65. The SMILES string of the molecule is CC[C@H](C)[C@@H]1NC(=O)[C@H](CC(C)C)N(C)C(=O)C[C@@H](C(=O)N2CCCC2)N(C)C(=O)[C@H]([C@@H](C)CC)N(C)C(=O)C2(CCCC2)NC(=O)[C@@H]2CCCN2C(=O)[C@H](CCc2cc(F)c(C(F)(F)F)c(F)c2)NC(=O)CN(C)C(=O)[C@H](Cc2ccc(C)cc2)N(CC)C(=O)[C@@H]2CCN2C(=O)[C@H](C)N(C)C1=O. The standard InChI is InChI=1S/C74H107F5N12O12/c1-15-45(7)61-70(101)84(11)47(9)65(96)91-36-30-54(91)69(100)89(17-3)57(40-48-26-24-44(6)25-27-48)67(98)83(10)42-58(92)80-52(29-28-49-38-50(75)60(51(76)39-49)74(77,78)79)66(97)90-35-22-23-53(90)64(95)82-73(31-18-19-32-73)72(103)87(14)62(46(8)16-2)71(102)86(13)56(68(99)88-33-20-21-34-88)41-59(93)85(12)55(37-43(4)5)63(94)81-61/h24-27,38-39,43,45-47,52-57,61-62H,15-23,28-37,40-42H2,1-14H3,(H,80,92)(H,81,94)(H,82,95)/t45-,46-,47-,52-,53-,54-,55-,56-,57-,61-,62-/m0/s1. The van der Waals surface area contributed by atoms with Gasteiger partial charge in [-0.25, -0.2) is 8.78 Å². The van der Waals surface area contributed by atoms with Gasteiger partial charge in [-0.3, -0.25) is 57.5 Å². The molecule has 570 valence electrons. The molecule has 1 aliphatic carbocycles. The second kappa shape index (κ2) is 35.0. The summed E-state index contributed by atoms with van der Waals surface area (Å²) >= 11 is 0. The molecule has 4 saturated heterocycles. The van der Waals surface area contributed by atoms with Gasteiger partial charge in [-0.05, 0) is 126 Å². The van der Waals surface area contributed by atoms with Crippen molar-refractivity contribution in [2.75, 3.05) is 74.5 Å². The van der Waals surface area contributed by atoms with Crippen molar-refractivity contribution in [3.8, 4) is 0 Å². The fraction of sp³-hybridized carbons (Fsp3) is 0.676. The molecule has 7 rings (SSSR count). The lowest BCUT2D eigenvalue weighted by molar-refractivity contribution is -0.161. The smallest absolute Gasteiger partial charge is 0.343 e. The molecule has 103 heavy (non-hydrogen) atoms. The highest BCUT2D eigenvalue weighted by Gasteiger charge is 2.52. The molecular weight excluding hydrogens is 1340 g/mol. The Labute approximate surface area is 601 Å². The van der Waals surface area contributed by atoms with Gasteiger partial charge in [0.05, 0.1) is 13.0 Å². The number of aryl methyl sites for hydroxylation is 2. The van der Waals surface area contributed by atoms with Crippen LogP contribution in [0.2, 0.25) is 0 Å². The maximum absolute atomic E-state index is 15.5. The minimum Gasteiger partial charge on any atom is -0.343 e. The minimum atomic E-state index is -5.40. The summed E-state index contributed by atoms with van der Waals surface area (Å²) in [7, 11) is 6.92. The quantitative estimate of drug-likeness (QED) is 0.206. The topological polar surface area (TPSA) is 270 Å². The second-order valence-electron chi connectivity index (χ2n) is 29.5. The molecule has 1 saturated carbocycles. The van der Waals surface area contributed by atoms with E-state index in [2.05, 4.69) is 16.0 Å². The first-order valence-electron chi connectivity index (χ1n) is 36.5. The fourth-order valence-electron chi connectivity index (χ4n) is 15.0. The van der Waals surface area contributed by atoms with Gasteiger partial charge in [0.25, 0.3) is 0 Å². The third kappa shape index (κ3) is 18.8. The maximum atomic E-state index is 15.5. The van der Waals surface area contributed by atoms with Gasteiger partial charge >= 0.3 is 6.18 Å².